The summed E-state index contributed by atoms with van der Waals surface area (Å²) in [5.41, 5.74) is 7.91. The molecule has 108 valence electrons. The van der Waals surface area contributed by atoms with Gasteiger partial charge in [-0.15, -0.1) is 24.5 Å². The van der Waals surface area contributed by atoms with E-state index in [0.717, 1.165) is 19.8 Å². The summed E-state index contributed by atoms with van der Waals surface area (Å²) in [5.74, 6) is -0.253. The van der Waals surface area contributed by atoms with Crippen molar-refractivity contribution in [3.8, 4) is 5.75 Å². The van der Waals surface area contributed by atoms with E-state index in [1.54, 1.807) is 0 Å². The number of hydrogen-bond acceptors (Lipinski definition) is 3. The number of benzene rings is 1. The quantitative estimate of drug-likeness (QED) is 0.850. The van der Waals surface area contributed by atoms with E-state index in [0.29, 0.717) is 0 Å². The number of ether oxygens (including phenoxy) is 1. The van der Waals surface area contributed by atoms with Gasteiger partial charge in [-0.25, -0.2) is 0 Å². The maximum Gasteiger partial charge on any atom is 0.573 e. The first-order valence-corrected chi connectivity index (χ1v) is 7.24. The van der Waals surface area contributed by atoms with E-state index in [1.165, 1.54) is 35.6 Å². The maximum atomic E-state index is 12.1. The van der Waals surface area contributed by atoms with Crippen LogP contribution in [0.15, 0.2) is 34.1 Å². The molecule has 1 aromatic heterocycles. The van der Waals surface area contributed by atoms with E-state index in [4.69, 9.17) is 5.73 Å². The fraction of sp³-hybridized carbons (Fsp3) is 0.231. The largest absolute Gasteiger partial charge is 0.573 e. The molecule has 0 saturated heterocycles. The molecule has 0 aliphatic carbocycles. The summed E-state index contributed by atoms with van der Waals surface area (Å²) in [7, 11) is 0. The van der Waals surface area contributed by atoms with Crippen molar-refractivity contribution in [2.24, 2.45) is 5.73 Å². The van der Waals surface area contributed by atoms with E-state index in [2.05, 4.69) is 20.7 Å². The minimum absolute atomic E-state index is 0.253. The van der Waals surface area contributed by atoms with Crippen LogP contribution >= 0.6 is 27.3 Å². The molecule has 1 heterocycles. The molecule has 0 saturated carbocycles. The monoisotopic (exact) mass is 365 g/mol. The van der Waals surface area contributed by atoms with Gasteiger partial charge in [0.1, 0.15) is 5.75 Å². The Bertz CT molecular complexity index is 575. The average Bonchev–Trinajstić information content (AvgIpc) is 2.68. The lowest BCUT2D eigenvalue weighted by Crippen LogP contribution is -2.17. The summed E-state index contributed by atoms with van der Waals surface area (Å²) in [6.45, 7) is 1.96. The molecule has 20 heavy (non-hydrogen) atoms. The minimum Gasteiger partial charge on any atom is -0.406 e. The van der Waals surface area contributed by atoms with E-state index in [9.17, 15) is 13.2 Å². The molecule has 0 bridgehead atoms. The second-order valence-corrected chi connectivity index (χ2v) is 6.60. The second-order valence-electron chi connectivity index (χ2n) is 4.20. The summed E-state index contributed by atoms with van der Waals surface area (Å²) in [5, 5.41) is 0. The number of hydrogen-bond donors (Lipinski definition) is 1. The summed E-state index contributed by atoms with van der Waals surface area (Å²) >= 11 is 4.93. The second kappa shape index (κ2) is 5.75. The highest BCUT2D eigenvalue weighted by molar-refractivity contribution is 9.11. The van der Waals surface area contributed by atoms with Crippen molar-refractivity contribution in [3.63, 3.8) is 0 Å². The van der Waals surface area contributed by atoms with Gasteiger partial charge < -0.3 is 10.5 Å². The van der Waals surface area contributed by atoms with Gasteiger partial charge in [-0.05, 0) is 52.2 Å². The first-order valence-electron chi connectivity index (χ1n) is 5.63. The number of alkyl halides is 3. The molecule has 0 spiro atoms. The molecule has 0 fully saturated rings. The Balaban J connectivity index is 2.17. The van der Waals surface area contributed by atoms with Crippen LogP contribution in [0.5, 0.6) is 5.75 Å². The van der Waals surface area contributed by atoms with Crippen LogP contribution in [-0.4, -0.2) is 6.36 Å². The highest BCUT2D eigenvalue weighted by Gasteiger charge is 2.31. The predicted molar refractivity (Wildman–Crippen MR) is 75.9 cm³/mol. The number of nitrogens with two attached hydrogens (primary N) is 1. The van der Waals surface area contributed by atoms with Crippen LogP contribution in [0.2, 0.25) is 0 Å². The van der Waals surface area contributed by atoms with Gasteiger partial charge in [-0.2, -0.15) is 0 Å². The van der Waals surface area contributed by atoms with E-state index < -0.39 is 6.36 Å². The molecule has 2 nitrogen and oxygen atoms in total. The summed E-state index contributed by atoms with van der Waals surface area (Å²) in [4.78, 5) is 0.943. The van der Waals surface area contributed by atoms with E-state index in [1.807, 2.05) is 13.0 Å². The molecule has 2 N–H and O–H groups in total. The number of aryl methyl sites for hydroxylation is 1. The van der Waals surface area contributed by atoms with Gasteiger partial charge in [0, 0.05) is 4.88 Å². The van der Waals surface area contributed by atoms with Crippen LogP contribution in [-0.2, 0) is 0 Å². The molecule has 1 unspecified atom stereocenters. The fourth-order valence-corrected chi connectivity index (χ4v) is 3.28. The molecule has 0 radical (unpaired) electrons. The Kier molecular flexibility index (Phi) is 4.41. The molecule has 2 aromatic rings. The maximum absolute atomic E-state index is 12.1. The van der Waals surface area contributed by atoms with Crippen molar-refractivity contribution in [3.05, 3.63) is 50.1 Å². The third-order valence-electron chi connectivity index (χ3n) is 2.66. The van der Waals surface area contributed by atoms with Gasteiger partial charge >= 0.3 is 6.36 Å². The molecule has 0 aliphatic heterocycles. The predicted octanol–water partition coefficient (Wildman–Crippen LogP) is 4.77. The lowest BCUT2D eigenvalue weighted by atomic mass is 10.1. The summed E-state index contributed by atoms with van der Waals surface area (Å²) in [6.07, 6.45) is -4.68. The molecule has 0 aliphatic rings. The number of halogens is 4. The topological polar surface area (TPSA) is 35.2 Å². The summed E-state index contributed by atoms with van der Waals surface area (Å²) < 4.78 is 41.0. The number of rotatable bonds is 3. The van der Waals surface area contributed by atoms with Gasteiger partial charge in [-0.3, -0.25) is 0 Å². The molecule has 7 heteroatoms. The van der Waals surface area contributed by atoms with Crippen LogP contribution < -0.4 is 10.5 Å². The Labute approximate surface area is 126 Å². The fourth-order valence-electron chi connectivity index (χ4n) is 1.68. The van der Waals surface area contributed by atoms with Crippen molar-refractivity contribution >= 4 is 27.3 Å². The van der Waals surface area contributed by atoms with Crippen LogP contribution in [0.4, 0.5) is 13.2 Å². The average molecular weight is 366 g/mol. The van der Waals surface area contributed by atoms with Gasteiger partial charge in [-0.1, -0.05) is 12.1 Å². The van der Waals surface area contributed by atoms with Gasteiger partial charge in [0.2, 0.25) is 0 Å². The first-order chi connectivity index (χ1) is 9.26. The SMILES string of the molecule is Cc1cc(C(N)c2ccc(OC(F)(F)F)cc2)sc1Br. The van der Waals surface area contributed by atoms with Crippen LogP contribution in [0.25, 0.3) is 0 Å². The van der Waals surface area contributed by atoms with Crippen molar-refractivity contribution in [1.82, 2.24) is 0 Å². The molecule has 2 rings (SSSR count). The normalized spacial score (nSPS) is 13.3. The molecule has 1 atom stereocenters. The summed E-state index contributed by atoms with van der Waals surface area (Å²) in [6, 6.07) is 7.18. The van der Waals surface area contributed by atoms with Crippen LogP contribution in [0.1, 0.15) is 22.0 Å². The zero-order valence-corrected chi connectivity index (χ0v) is 12.8. The molecular weight excluding hydrogens is 355 g/mol. The van der Waals surface area contributed by atoms with Crippen LogP contribution in [0, 0.1) is 6.92 Å². The molecular formula is C13H11BrF3NOS. The van der Waals surface area contributed by atoms with Crippen LogP contribution in [0.3, 0.4) is 0 Å². The highest BCUT2D eigenvalue weighted by atomic mass is 79.9. The lowest BCUT2D eigenvalue weighted by Gasteiger charge is -2.12. The number of thiophene rings is 1. The zero-order chi connectivity index (χ0) is 14.9. The molecule has 0 amide bonds. The third kappa shape index (κ3) is 3.74. The Morgan fingerprint density at radius 1 is 1.25 bits per heavy atom. The first kappa shape index (κ1) is 15.3. The Morgan fingerprint density at radius 2 is 1.85 bits per heavy atom. The Hall–Kier alpha value is -1.05. The lowest BCUT2D eigenvalue weighted by molar-refractivity contribution is -0.274. The highest BCUT2D eigenvalue weighted by Crippen LogP contribution is 2.33. The van der Waals surface area contributed by atoms with Crippen molar-refractivity contribution in [2.75, 3.05) is 0 Å². The van der Waals surface area contributed by atoms with Crippen molar-refractivity contribution in [2.45, 2.75) is 19.3 Å². The zero-order valence-electron chi connectivity index (χ0n) is 10.4. The molecule has 1 aromatic carbocycles. The minimum atomic E-state index is -4.68. The van der Waals surface area contributed by atoms with Crippen molar-refractivity contribution < 1.29 is 17.9 Å². The third-order valence-corrected chi connectivity index (χ3v) is 4.88. The van der Waals surface area contributed by atoms with Gasteiger partial charge in [0.15, 0.2) is 0 Å². The van der Waals surface area contributed by atoms with Crippen molar-refractivity contribution in [1.29, 1.82) is 0 Å². The van der Waals surface area contributed by atoms with E-state index >= 15 is 0 Å². The Morgan fingerprint density at radius 3 is 2.30 bits per heavy atom. The van der Waals surface area contributed by atoms with Gasteiger partial charge in [0.05, 0.1) is 9.83 Å². The van der Waals surface area contributed by atoms with Gasteiger partial charge in [0.25, 0.3) is 0 Å². The standard InChI is InChI=1S/C13H11BrF3NOS/c1-7-6-10(20-12(7)14)11(18)8-2-4-9(5-3-8)19-13(15,16)17/h2-6,11H,18H2,1H3. The smallest absolute Gasteiger partial charge is 0.406 e. The van der Waals surface area contributed by atoms with E-state index in [-0.39, 0.29) is 11.8 Å².